The van der Waals surface area contributed by atoms with Crippen LogP contribution in [0.1, 0.15) is 25.0 Å². The van der Waals surface area contributed by atoms with Crippen molar-refractivity contribution in [2.45, 2.75) is 26.7 Å². The Hall–Kier alpha value is -3.09. The molecule has 2 aromatic carbocycles. The first kappa shape index (κ1) is 17.7. The van der Waals surface area contributed by atoms with E-state index in [0.717, 1.165) is 35.7 Å². The van der Waals surface area contributed by atoms with Crippen LogP contribution in [0.15, 0.2) is 42.6 Å². The highest BCUT2D eigenvalue weighted by atomic mass is 19.1. The first-order chi connectivity index (χ1) is 12.6. The normalized spacial score (nSPS) is 10.6. The SMILES string of the molecule is CCc1cccc(CC)c1Nc1nncc(Nc2ccc(F)cc2F)n1. The van der Waals surface area contributed by atoms with E-state index in [4.69, 9.17) is 0 Å². The van der Waals surface area contributed by atoms with E-state index < -0.39 is 11.6 Å². The Labute approximate surface area is 150 Å². The number of nitrogens with one attached hydrogen (secondary N) is 2. The molecule has 0 saturated carbocycles. The molecule has 3 aromatic rings. The zero-order valence-electron chi connectivity index (χ0n) is 14.6. The average molecular weight is 355 g/mol. The first-order valence-corrected chi connectivity index (χ1v) is 8.40. The van der Waals surface area contributed by atoms with Gasteiger partial charge < -0.3 is 10.6 Å². The third-order valence-electron chi connectivity index (χ3n) is 3.99. The molecule has 0 atom stereocenters. The summed E-state index contributed by atoms with van der Waals surface area (Å²) >= 11 is 0. The van der Waals surface area contributed by atoms with Crippen LogP contribution in [-0.4, -0.2) is 15.2 Å². The summed E-state index contributed by atoms with van der Waals surface area (Å²) in [5, 5.41) is 13.9. The number of rotatable bonds is 6. The average Bonchev–Trinajstić information content (AvgIpc) is 2.64. The summed E-state index contributed by atoms with van der Waals surface area (Å²) in [5.41, 5.74) is 3.37. The summed E-state index contributed by atoms with van der Waals surface area (Å²) in [6, 6.07) is 9.40. The molecule has 0 fully saturated rings. The van der Waals surface area contributed by atoms with Gasteiger partial charge >= 0.3 is 0 Å². The fraction of sp³-hybridized carbons (Fsp3) is 0.211. The zero-order chi connectivity index (χ0) is 18.5. The minimum atomic E-state index is -0.706. The van der Waals surface area contributed by atoms with Crippen LogP contribution < -0.4 is 10.6 Å². The molecule has 0 amide bonds. The molecular weight excluding hydrogens is 336 g/mol. The number of nitrogens with zero attached hydrogens (tertiary/aromatic N) is 3. The quantitative estimate of drug-likeness (QED) is 0.667. The molecule has 0 aliphatic heterocycles. The molecule has 134 valence electrons. The second-order valence-electron chi connectivity index (χ2n) is 5.70. The van der Waals surface area contributed by atoms with Gasteiger partial charge in [0.2, 0.25) is 5.95 Å². The van der Waals surface area contributed by atoms with Gasteiger partial charge in [0.1, 0.15) is 11.6 Å². The lowest BCUT2D eigenvalue weighted by molar-refractivity contribution is 0.586. The molecule has 26 heavy (non-hydrogen) atoms. The maximum Gasteiger partial charge on any atom is 0.249 e. The van der Waals surface area contributed by atoms with Crippen LogP contribution in [0, 0.1) is 11.6 Å². The maximum atomic E-state index is 13.8. The van der Waals surface area contributed by atoms with E-state index in [9.17, 15) is 8.78 Å². The standard InChI is InChI=1S/C19H19F2N5/c1-3-12-6-5-7-13(4-2)18(12)25-19-24-17(11-22-26-19)23-16-9-8-14(20)10-15(16)21/h5-11H,3-4H2,1-2H3,(H2,23,24,25,26). The zero-order valence-corrected chi connectivity index (χ0v) is 14.6. The number of para-hydroxylation sites is 1. The van der Waals surface area contributed by atoms with E-state index in [1.165, 1.54) is 18.3 Å². The van der Waals surface area contributed by atoms with Gasteiger partial charge in [-0.1, -0.05) is 32.0 Å². The van der Waals surface area contributed by atoms with Crippen LogP contribution in [0.25, 0.3) is 0 Å². The summed E-state index contributed by atoms with van der Waals surface area (Å²) in [6.45, 7) is 4.16. The summed E-state index contributed by atoms with van der Waals surface area (Å²) in [5.74, 6) is -0.740. The molecule has 3 rings (SSSR count). The van der Waals surface area contributed by atoms with Crippen molar-refractivity contribution >= 4 is 23.1 Å². The molecule has 1 heterocycles. The second kappa shape index (κ2) is 7.86. The lowest BCUT2D eigenvalue weighted by Gasteiger charge is -2.14. The van der Waals surface area contributed by atoms with E-state index in [1.54, 1.807) is 0 Å². The van der Waals surface area contributed by atoms with Gasteiger partial charge in [0, 0.05) is 11.8 Å². The van der Waals surface area contributed by atoms with Gasteiger partial charge in [0.05, 0.1) is 11.9 Å². The largest absolute Gasteiger partial charge is 0.336 e. The van der Waals surface area contributed by atoms with Gasteiger partial charge in [-0.3, -0.25) is 0 Å². The van der Waals surface area contributed by atoms with Crippen LogP contribution in [0.5, 0.6) is 0 Å². The number of benzene rings is 2. The van der Waals surface area contributed by atoms with Gasteiger partial charge in [-0.25, -0.2) is 8.78 Å². The molecule has 0 aliphatic rings. The van der Waals surface area contributed by atoms with E-state index in [0.29, 0.717) is 11.8 Å². The Morgan fingerprint density at radius 1 is 0.962 bits per heavy atom. The minimum absolute atomic E-state index is 0.112. The molecule has 7 heteroatoms. The lowest BCUT2D eigenvalue weighted by atomic mass is 10.0. The number of hydrogen-bond acceptors (Lipinski definition) is 5. The minimum Gasteiger partial charge on any atom is -0.336 e. The van der Waals surface area contributed by atoms with E-state index >= 15 is 0 Å². The van der Waals surface area contributed by atoms with E-state index in [2.05, 4.69) is 39.7 Å². The Morgan fingerprint density at radius 2 is 1.69 bits per heavy atom. The van der Waals surface area contributed by atoms with Gasteiger partial charge in [0.15, 0.2) is 5.82 Å². The van der Waals surface area contributed by atoms with Crippen molar-refractivity contribution in [1.29, 1.82) is 0 Å². The number of hydrogen-bond donors (Lipinski definition) is 2. The molecule has 0 saturated heterocycles. The van der Waals surface area contributed by atoms with Crippen molar-refractivity contribution in [2.75, 3.05) is 10.6 Å². The molecule has 2 N–H and O–H groups in total. The van der Waals surface area contributed by atoms with Crippen LogP contribution >= 0.6 is 0 Å². The van der Waals surface area contributed by atoms with Crippen molar-refractivity contribution in [1.82, 2.24) is 15.2 Å². The predicted molar refractivity (Wildman–Crippen MR) is 97.9 cm³/mol. The van der Waals surface area contributed by atoms with Crippen LogP contribution in [-0.2, 0) is 12.8 Å². The summed E-state index contributed by atoms with van der Waals surface area (Å²) in [7, 11) is 0. The molecule has 5 nitrogen and oxygen atoms in total. The lowest BCUT2D eigenvalue weighted by Crippen LogP contribution is -2.06. The fourth-order valence-electron chi connectivity index (χ4n) is 2.66. The Bertz CT molecular complexity index is 892. The van der Waals surface area contributed by atoms with Crippen molar-refractivity contribution in [3.63, 3.8) is 0 Å². The summed E-state index contributed by atoms with van der Waals surface area (Å²) < 4.78 is 26.8. The topological polar surface area (TPSA) is 62.7 Å². The van der Waals surface area contributed by atoms with E-state index in [1.807, 2.05) is 18.2 Å². The van der Waals surface area contributed by atoms with Crippen LogP contribution in [0.3, 0.4) is 0 Å². The molecule has 0 bridgehead atoms. The maximum absolute atomic E-state index is 13.8. The van der Waals surface area contributed by atoms with Crippen molar-refractivity contribution < 1.29 is 8.78 Å². The molecule has 0 aliphatic carbocycles. The molecule has 0 spiro atoms. The highest BCUT2D eigenvalue weighted by Crippen LogP contribution is 2.26. The third-order valence-corrected chi connectivity index (χ3v) is 3.99. The number of anilines is 4. The Kier molecular flexibility index (Phi) is 5.36. The summed E-state index contributed by atoms with van der Waals surface area (Å²) in [6.07, 6.45) is 3.10. The Balaban J connectivity index is 1.86. The smallest absolute Gasteiger partial charge is 0.249 e. The van der Waals surface area contributed by atoms with Gasteiger partial charge in [-0.05, 0) is 36.1 Å². The number of halogens is 2. The fourth-order valence-corrected chi connectivity index (χ4v) is 2.66. The van der Waals surface area contributed by atoms with Gasteiger partial charge in [-0.15, -0.1) is 5.10 Å². The highest BCUT2D eigenvalue weighted by Gasteiger charge is 2.10. The van der Waals surface area contributed by atoms with Gasteiger partial charge in [0.25, 0.3) is 0 Å². The predicted octanol–water partition coefficient (Wildman–Crippen LogP) is 4.76. The Morgan fingerprint density at radius 3 is 2.35 bits per heavy atom. The molecule has 1 aromatic heterocycles. The van der Waals surface area contributed by atoms with Crippen molar-refractivity contribution in [2.24, 2.45) is 0 Å². The van der Waals surface area contributed by atoms with Crippen LogP contribution in [0.2, 0.25) is 0 Å². The summed E-state index contributed by atoms with van der Waals surface area (Å²) in [4.78, 5) is 4.32. The molecule has 0 radical (unpaired) electrons. The number of aromatic nitrogens is 3. The number of aryl methyl sites for hydroxylation is 2. The van der Waals surface area contributed by atoms with E-state index in [-0.39, 0.29) is 5.69 Å². The van der Waals surface area contributed by atoms with Crippen molar-refractivity contribution in [3.05, 3.63) is 65.4 Å². The third kappa shape index (κ3) is 3.93. The first-order valence-electron chi connectivity index (χ1n) is 8.40. The van der Waals surface area contributed by atoms with Gasteiger partial charge in [-0.2, -0.15) is 10.1 Å². The monoisotopic (exact) mass is 355 g/mol. The molecule has 0 unspecified atom stereocenters. The molecular formula is C19H19F2N5. The highest BCUT2D eigenvalue weighted by molar-refractivity contribution is 5.65. The van der Waals surface area contributed by atoms with Crippen molar-refractivity contribution in [3.8, 4) is 0 Å². The van der Waals surface area contributed by atoms with Crippen LogP contribution in [0.4, 0.5) is 31.9 Å². The second-order valence-corrected chi connectivity index (χ2v) is 5.70.